The van der Waals surface area contributed by atoms with E-state index in [4.69, 9.17) is 4.52 Å². The minimum atomic E-state index is -0.192. The topological polar surface area (TPSA) is 96.7 Å². The number of carbonyl (C=O) groups excluding carboxylic acids is 1. The van der Waals surface area contributed by atoms with Crippen molar-refractivity contribution in [1.29, 1.82) is 0 Å². The van der Waals surface area contributed by atoms with Crippen LogP contribution in [0.25, 0.3) is 11.0 Å². The van der Waals surface area contributed by atoms with Gasteiger partial charge in [0.2, 0.25) is 0 Å². The first-order valence-electron chi connectivity index (χ1n) is 8.41. The molecule has 0 aliphatic carbocycles. The van der Waals surface area contributed by atoms with Gasteiger partial charge in [-0.3, -0.25) is 4.79 Å². The Morgan fingerprint density at radius 2 is 2.15 bits per heavy atom. The molecule has 0 unspecified atom stereocenters. The molecule has 7 nitrogen and oxygen atoms in total. The van der Waals surface area contributed by atoms with Gasteiger partial charge in [-0.25, -0.2) is 9.97 Å². The molecule has 8 heteroatoms. The van der Waals surface area contributed by atoms with Crippen molar-refractivity contribution >= 4 is 28.7 Å². The van der Waals surface area contributed by atoms with Crippen LogP contribution >= 0.6 is 11.8 Å². The van der Waals surface area contributed by atoms with Gasteiger partial charge in [0.25, 0.3) is 5.91 Å². The van der Waals surface area contributed by atoms with E-state index in [1.165, 1.54) is 11.8 Å². The highest BCUT2D eigenvalue weighted by Crippen LogP contribution is 2.24. The quantitative estimate of drug-likeness (QED) is 0.498. The van der Waals surface area contributed by atoms with Crippen LogP contribution in [-0.2, 0) is 12.3 Å². The van der Waals surface area contributed by atoms with E-state index < -0.39 is 0 Å². The summed E-state index contributed by atoms with van der Waals surface area (Å²) in [4.78, 5) is 24.6. The number of aromatic amines is 1. The van der Waals surface area contributed by atoms with Crippen LogP contribution in [0.1, 0.15) is 27.6 Å². The number of pyridine rings is 1. The molecule has 0 saturated heterocycles. The molecule has 4 rings (SSSR count). The normalized spacial score (nSPS) is 11.0. The summed E-state index contributed by atoms with van der Waals surface area (Å²) < 4.78 is 5.07. The Bertz CT molecular complexity index is 1060. The average Bonchev–Trinajstić information content (AvgIpc) is 3.30. The molecule has 136 valence electrons. The van der Waals surface area contributed by atoms with Crippen molar-refractivity contribution in [1.82, 2.24) is 25.4 Å². The Labute approximate surface area is 159 Å². The number of aromatic nitrogens is 4. The fraction of sp³-hybridized carbons (Fsp3) is 0.158. The van der Waals surface area contributed by atoms with Crippen LogP contribution in [0, 0.1) is 6.92 Å². The highest BCUT2D eigenvalue weighted by molar-refractivity contribution is 7.98. The van der Waals surface area contributed by atoms with E-state index in [9.17, 15) is 4.79 Å². The Balaban J connectivity index is 1.43. The second kappa shape index (κ2) is 7.63. The third-order valence-corrected chi connectivity index (χ3v) is 4.94. The molecule has 1 aromatic carbocycles. The van der Waals surface area contributed by atoms with Gasteiger partial charge in [-0.1, -0.05) is 29.1 Å². The second-order valence-corrected chi connectivity index (χ2v) is 6.92. The maximum Gasteiger partial charge on any atom is 0.254 e. The molecule has 0 atom stereocenters. The zero-order valence-corrected chi connectivity index (χ0v) is 15.4. The van der Waals surface area contributed by atoms with Crippen LogP contribution in [0.5, 0.6) is 0 Å². The number of aryl methyl sites for hydroxylation is 1. The maximum atomic E-state index is 12.6. The van der Waals surface area contributed by atoms with Crippen LogP contribution in [0.15, 0.2) is 58.2 Å². The van der Waals surface area contributed by atoms with E-state index in [0.717, 1.165) is 22.5 Å². The summed E-state index contributed by atoms with van der Waals surface area (Å²) in [5, 5.41) is 7.52. The fourth-order valence-electron chi connectivity index (χ4n) is 2.66. The van der Waals surface area contributed by atoms with E-state index in [1.807, 2.05) is 37.3 Å². The van der Waals surface area contributed by atoms with Crippen molar-refractivity contribution in [3.8, 4) is 0 Å². The molecule has 3 aromatic heterocycles. The lowest BCUT2D eigenvalue weighted by atomic mass is 10.2. The fourth-order valence-corrected chi connectivity index (χ4v) is 3.53. The Kier molecular flexibility index (Phi) is 4.88. The largest absolute Gasteiger partial charge is 0.361 e. The van der Waals surface area contributed by atoms with Gasteiger partial charge in [0.05, 0.1) is 28.8 Å². The van der Waals surface area contributed by atoms with E-state index in [1.54, 1.807) is 18.3 Å². The van der Waals surface area contributed by atoms with E-state index >= 15 is 0 Å². The molecule has 2 N–H and O–H groups in total. The number of carbonyl (C=O) groups is 1. The first-order valence-corrected chi connectivity index (χ1v) is 9.39. The number of fused-ring (bicyclic) bond motifs is 1. The smallest absolute Gasteiger partial charge is 0.254 e. The molecule has 4 aromatic rings. The van der Waals surface area contributed by atoms with Crippen molar-refractivity contribution in [3.05, 3.63) is 71.5 Å². The standard InChI is InChI=1S/C19H17N5O2S/c1-12-9-13(24-26-12)11-27-19-14(5-4-8-20-19)18(25)21-10-17-22-15-6-2-3-7-16(15)23-17/h2-9H,10-11H2,1H3,(H,21,25)(H,22,23). The number of nitrogens with zero attached hydrogens (tertiary/aromatic N) is 3. The van der Waals surface area contributed by atoms with E-state index in [-0.39, 0.29) is 5.91 Å². The number of benzene rings is 1. The zero-order valence-electron chi connectivity index (χ0n) is 14.6. The number of hydrogen-bond acceptors (Lipinski definition) is 6. The molecular weight excluding hydrogens is 362 g/mol. The minimum Gasteiger partial charge on any atom is -0.361 e. The number of hydrogen-bond donors (Lipinski definition) is 2. The SMILES string of the molecule is Cc1cc(CSc2ncccc2C(=O)NCc2nc3ccccc3[nH]2)no1. The van der Waals surface area contributed by atoms with Crippen molar-refractivity contribution < 1.29 is 9.32 Å². The van der Waals surface area contributed by atoms with Crippen molar-refractivity contribution in [3.63, 3.8) is 0 Å². The Morgan fingerprint density at radius 3 is 2.96 bits per heavy atom. The average molecular weight is 379 g/mol. The van der Waals surface area contributed by atoms with Gasteiger partial charge in [0.15, 0.2) is 0 Å². The third kappa shape index (κ3) is 4.01. The van der Waals surface area contributed by atoms with Crippen LogP contribution in [0.2, 0.25) is 0 Å². The highest BCUT2D eigenvalue weighted by atomic mass is 32.2. The molecule has 0 aliphatic heterocycles. The second-order valence-electron chi connectivity index (χ2n) is 5.96. The lowest BCUT2D eigenvalue weighted by Gasteiger charge is -2.07. The predicted molar refractivity (Wildman–Crippen MR) is 102 cm³/mol. The van der Waals surface area contributed by atoms with Crippen LogP contribution in [-0.4, -0.2) is 26.0 Å². The summed E-state index contributed by atoms with van der Waals surface area (Å²) >= 11 is 1.45. The zero-order chi connectivity index (χ0) is 18.6. The summed E-state index contributed by atoms with van der Waals surface area (Å²) in [6, 6.07) is 13.1. The summed E-state index contributed by atoms with van der Waals surface area (Å²) in [6.07, 6.45) is 1.67. The minimum absolute atomic E-state index is 0.192. The van der Waals surface area contributed by atoms with E-state index in [2.05, 4.69) is 25.4 Å². The number of H-pyrrole nitrogens is 1. The predicted octanol–water partition coefficient (Wildman–Crippen LogP) is 3.48. The molecule has 0 radical (unpaired) electrons. The van der Waals surface area contributed by atoms with E-state index in [0.29, 0.717) is 28.7 Å². The number of para-hydroxylation sites is 2. The van der Waals surface area contributed by atoms with Crippen molar-refractivity contribution in [2.75, 3.05) is 0 Å². The molecule has 0 saturated carbocycles. The number of nitrogens with one attached hydrogen (secondary N) is 2. The highest BCUT2D eigenvalue weighted by Gasteiger charge is 2.14. The molecule has 0 aliphatic rings. The van der Waals surface area contributed by atoms with Gasteiger partial charge in [-0.15, -0.1) is 0 Å². The molecule has 0 bridgehead atoms. The summed E-state index contributed by atoms with van der Waals surface area (Å²) in [5.74, 6) is 1.86. The molecular formula is C19H17N5O2S. The summed E-state index contributed by atoms with van der Waals surface area (Å²) in [7, 11) is 0. The molecule has 0 spiro atoms. The summed E-state index contributed by atoms with van der Waals surface area (Å²) in [6.45, 7) is 2.16. The molecule has 3 heterocycles. The lowest BCUT2D eigenvalue weighted by Crippen LogP contribution is -2.24. The Morgan fingerprint density at radius 1 is 1.26 bits per heavy atom. The van der Waals surface area contributed by atoms with Gasteiger partial charge >= 0.3 is 0 Å². The van der Waals surface area contributed by atoms with Crippen molar-refractivity contribution in [2.24, 2.45) is 0 Å². The molecule has 27 heavy (non-hydrogen) atoms. The van der Waals surface area contributed by atoms with Crippen LogP contribution in [0.3, 0.4) is 0 Å². The van der Waals surface area contributed by atoms with Crippen LogP contribution < -0.4 is 5.32 Å². The first-order chi connectivity index (χ1) is 13.2. The maximum absolute atomic E-state index is 12.6. The van der Waals surface area contributed by atoms with Gasteiger partial charge < -0.3 is 14.8 Å². The number of rotatable bonds is 6. The molecule has 0 fully saturated rings. The first kappa shape index (κ1) is 17.3. The Hall–Kier alpha value is -3.13. The van der Waals surface area contributed by atoms with Gasteiger partial charge in [0, 0.05) is 18.0 Å². The molecule has 1 amide bonds. The third-order valence-electron chi connectivity index (χ3n) is 3.90. The van der Waals surface area contributed by atoms with Crippen LogP contribution in [0.4, 0.5) is 0 Å². The number of thioether (sulfide) groups is 1. The van der Waals surface area contributed by atoms with Gasteiger partial charge in [0.1, 0.15) is 16.6 Å². The number of imidazole rings is 1. The summed E-state index contributed by atoms with van der Waals surface area (Å²) in [5.41, 5.74) is 3.17. The monoisotopic (exact) mass is 379 g/mol. The van der Waals surface area contributed by atoms with Crippen molar-refractivity contribution in [2.45, 2.75) is 24.2 Å². The number of amides is 1. The van der Waals surface area contributed by atoms with Gasteiger partial charge in [-0.2, -0.15) is 0 Å². The lowest BCUT2D eigenvalue weighted by molar-refractivity contribution is 0.0946. The van der Waals surface area contributed by atoms with Gasteiger partial charge in [-0.05, 0) is 31.2 Å².